The molecule has 128 valence electrons. The molecular weight excluding hydrogens is 330 g/mol. The van der Waals surface area contributed by atoms with Gasteiger partial charge in [-0.05, 0) is 61.4 Å². The average Bonchev–Trinajstić information content (AvgIpc) is 2.51. The van der Waals surface area contributed by atoms with E-state index in [-0.39, 0.29) is 11.5 Å². The minimum Gasteiger partial charge on any atom is -0.482 e. The van der Waals surface area contributed by atoms with Gasteiger partial charge in [-0.1, -0.05) is 6.07 Å². The highest BCUT2D eigenvalue weighted by Gasteiger charge is 2.15. The predicted octanol–water partition coefficient (Wildman–Crippen LogP) is 2.66. The summed E-state index contributed by atoms with van der Waals surface area (Å²) < 4.78 is 37.0. The number of nitrogens with one attached hydrogen (secondary N) is 1. The lowest BCUT2D eigenvalue weighted by Gasteiger charge is -2.10. The molecule has 2 rings (SSSR count). The zero-order chi connectivity index (χ0) is 17.7. The number of carbonyl (C=O) groups is 1. The van der Waals surface area contributed by atoms with E-state index >= 15 is 0 Å². The van der Waals surface area contributed by atoms with Gasteiger partial charge in [-0.15, -0.1) is 0 Å². The maximum atomic E-state index is 12.4. The molecule has 0 spiro atoms. The van der Waals surface area contributed by atoms with Crippen LogP contribution in [0.3, 0.4) is 0 Å². The van der Waals surface area contributed by atoms with Crippen LogP contribution < -0.4 is 9.46 Å². The smallest absolute Gasteiger partial charge is 0.343 e. The van der Waals surface area contributed by atoms with Crippen molar-refractivity contribution in [2.45, 2.75) is 18.7 Å². The largest absolute Gasteiger partial charge is 0.482 e. The summed E-state index contributed by atoms with van der Waals surface area (Å²) in [5.74, 6) is -0.131. The van der Waals surface area contributed by atoms with Crippen LogP contribution in [0.4, 0.5) is 5.69 Å². The maximum absolute atomic E-state index is 12.4. The first-order valence-corrected chi connectivity index (χ1v) is 8.69. The van der Waals surface area contributed by atoms with Gasteiger partial charge in [0.1, 0.15) is 5.75 Å². The van der Waals surface area contributed by atoms with Crippen molar-refractivity contribution < 1.29 is 22.7 Å². The molecule has 1 N–H and O–H groups in total. The van der Waals surface area contributed by atoms with E-state index in [2.05, 4.69) is 9.46 Å². The number of esters is 1. The second-order valence-electron chi connectivity index (χ2n) is 5.32. The third-order valence-corrected chi connectivity index (χ3v) is 4.59. The first kappa shape index (κ1) is 17.8. The molecular formula is C17H19NO5S. The van der Waals surface area contributed by atoms with Gasteiger partial charge < -0.3 is 9.47 Å². The number of hydrogen-bond donors (Lipinski definition) is 1. The Kier molecular flexibility index (Phi) is 5.46. The van der Waals surface area contributed by atoms with Crippen LogP contribution in [0.15, 0.2) is 47.4 Å². The van der Waals surface area contributed by atoms with E-state index in [4.69, 9.17) is 4.74 Å². The Morgan fingerprint density at radius 3 is 2.17 bits per heavy atom. The lowest BCUT2D eigenvalue weighted by atomic mass is 10.1. The summed E-state index contributed by atoms with van der Waals surface area (Å²) in [6.45, 7) is 3.57. The van der Waals surface area contributed by atoms with E-state index < -0.39 is 16.0 Å². The second kappa shape index (κ2) is 7.35. The minimum absolute atomic E-state index is 0.104. The maximum Gasteiger partial charge on any atom is 0.343 e. The quantitative estimate of drug-likeness (QED) is 0.811. The summed E-state index contributed by atoms with van der Waals surface area (Å²) in [5.41, 5.74) is 2.46. The molecule has 0 aliphatic carbocycles. The zero-order valence-electron chi connectivity index (χ0n) is 13.7. The van der Waals surface area contributed by atoms with Crippen LogP contribution in [0.5, 0.6) is 5.75 Å². The molecule has 6 nitrogen and oxygen atoms in total. The van der Waals surface area contributed by atoms with Gasteiger partial charge in [0.2, 0.25) is 0 Å². The summed E-state index contributed by atoms with van der Waals surface area (Å²) in [4.78, 5) is 11.1. The standard InChI is InChI=1S/C17H19NO5S/c1-12-8-13(2)10-14(9-12)18-24(20,21)16-6-4-15(5-7-16)23-11-17(19)22-3/h4-10,18H,11H2,1-3H3. The number of sulfonamides is 1. The molecule has 24 heavy (non-hydrogen) atoms. The Bertz CT molecular complexity index is 808. The number of anilines is 1. The molecule has 0 saturated heterocycles. The Balaban J connectivity index is 2.13. The normalized spacial score (nSPS) is 11.0. The van der Waals surface area contributed by atoms with Gasteiger partial charge in [0, 0.05) is 5.69 Å². The van der Waals surface area contributed by atoms with E-state index in [1.807, 2.05) is 19.9 Å². The average molecular weight is 349 g/mol. The number of benzene rings is 2. The predicted molar refractivity (Wildman–Crippen MR) is 90.7 cm³/mol. The number of carbonyl (C=O) groups excluding carboxylic acids is 1. The summed E-state index contributed by atoms with van der Waals surface area (Å²) in [7, 11) is -2.43. The Morgan fingerprint density at radius 2 is 1.62 bits per heavy atom. The number of ether oxygens (including phenoxy) is 2. The SMILES string of the molecule is COC(=O)COc1ccc(S(=O)(=O)Nc2cc(C)cc(C)c2)cc1. The molecule has 0 saturated carbocycles. The first-order valence-electron chi connectivity index (χ1n) is 7.21. The van der Waals surface area contributed by atoms with Crippen molar-refractivity contribution >= 4 is 21.7 Å². The fourth-order valence-corrected chi connectivity index (χ4v) is 3.20. The molecule has 0 aromatic heterocycles. The molecule has 0 heterocycles. The third kappa shape index (κ3) is 4.73. The van der Waals surface area contributed by atoms with E-state index in [0.29, 0.717) is 11.4 Å². The Morgan fingerprint density at radius 1 is 1.04 bits per heavy atom. The van der Waals surface area contributed by atoms with Crippen molar-refractivity contribution in [3.8, 4) is 5.75 Å². The van der Waals surface area contributed by atoms with Gasteiger partial charge >= 0.3 is 5.97 Å². The molecule has 0 aliphatic rings. The highest BCUT2D eigenvalue weighted by Crippen LogP contribution is 2.21. The van der Waals surface area contributed by atoms with Crippen LogP contribution in [0.1, 0.15) is 11.1 Å². The third-order valence-electron chi connectivity index (χ3n) is 3.19. The molecule has 0 bridgehead atoms. The lowest BCUT2D eigenvalue weighted by Crippen LogP contribution is -2.14. The van der Waals surface area contributed by atoms with E-state index in [0.717, 1.165) is 11.1 Å². The van der Waals surface area contributed by atoms with Gasteiger partial charge in [0.15, 0.2) is 6.61 Å². The highest BCUT2D eigenvalue weighted by atomic mass is 32.2. The van der Waals surface area contributed by atoms with Gasteiger partial charge in [0.05, 0.1) is 12.0 Å². The zero-order valence-corrected chi connectivity index (χ0v) is 14.5. The molecule has 0 fully saturated rings. The molecule has 2 aromatic carbocycles. The topological polar surface area (TPSA) is 81.7 Å². The van der Waals surface area contributed by atoms with Crippen molar-refractivity contribution in [3.05, 3.63) is 53.6 Å². The van der Waals surface area contributed by atoms with Crippen LogP contribution >= 0.6 is 0 Å². The summed E-state index contributed by atoms with van der Waals surface area (Å²) >= 11 is 0. The molecule has 0 radical (unpaired) electrons. The fraction of sp³-hybridized carbons (Fsp3) is 0.235. The molecule has 0 atom stereocenters. The van der Waals surface area contributed by atoms with E-state index in [1.165, 1.54) is 31.4 Å². The van der Waals surface area contributed by atoms with Crippen molar-refractivity contribution in [1.29, 1.82) is 0 Å². The second-order valence-corrected chi connectivity index (χ2v) is 7.00. The van der Waals surface area contributed by atoms with Crippen LogP contribution in [-0.2, 0) is 19.6 Å². The first-order chi connectivity index (χ1) is 11.3. The molecule has 0 amide bonds. The summed E-state index contributed by atoms with van der Waals surface area (Å²) in [6.07, 6.45) is 0. The van der Waals surface area contributed by atoms with Gasteiger partial charge in [-0.2, -0.15) is 0 Å². The summed E-state index contributed by atoms with van der Waals surface area (Å²) in [5, 5.41) is 0. The van der Waals surface area contributed by atoms with Crippen LogP contribution in [0.2, 0.25) is 0 Å². The van der Waals surface area contributed by atoms with Crippen LogP contribution in [0, 0.1) is 13.8 Å². The van der Waals surface area contributed by atoms with E-state index in [9.17, 15) is 13.2 Å². The number of hydrogen-bond acceptors (Lipinski definition) is 5. The monoisotopic (exact) mass is 349 g/mol. The number of aryl methyl sites for hydroxylation is 2. The lowest BCUT2D eigenvalue weighted by molar-refractivity contribution is -0.142. The van der Waals surface area contributed by atoms with Gasteiger partial charge in [-0.25, -0.2) is 13.2 Å². The van der Waals surface area contributed by atoms with Gasteiger partial charge in [0.25, 0.3) is 10.0 Å². The minimum atomic E-state index is -3.70. The fourth-order valence-electron chi connectivity index (χ4n) is 2.16. The van der Waals surface area contributed by atoms with Crippen LogP contribution in [-0.4, -0.2) is 28.1 Å². The van der Waals surface area contributed by atoms with Crippen molar-refractivity contribution in [1.82, 2.24) is 0 Å². The number of methoxy groups -OCH3 is 1. The Hall–Kier alpha value is -2.54. The van der Waals surface area contributed by atoms with E-state index in [1.54, 1.807) is 12.1 Å². The molecule has 0 aliphatic heterocycles. The van der Waals surface area contributed by atoms with Crippen molar-refractivity contribution in [3.63, 3.8) is 0 Å². The summed E-state index contributed by atoms with van der Waals surface area (Å²) in [6, 6.07) is 11.3. The Labute approximate surface area is 141 Å². The molecule has 0 unspecified atom stereocenters. The highest BCUT2D eigenvalue weighted by molar-refractivity contribution is 7.92. The number of rotatable bonds is 6. The van der Waals surface area contributed by atoms with Crippen LogP contribution in [0.25, 0.3) is 0 Å². The van der Waals surface area contributed by atoms with Gasteiger partial charge in [-0.3, -0.25) is 4.72 Å². The van der Waals surface area contributed by atoms with Crippen molar-refractivity contribution in [2.75, 3.05) is 18.4 Å². The molecule has 2 aromatic rings. The van der Waals surface area contributed by atoms with Crippen molar-refractivity contribution in [2.24, 2.45) is 0 Å². The molecule has 7 heteroatoms.